The highest BCUT2D eigenvalue weighted by atomic mass is 79.9. The van der Waals surface area contributed by atoms with Crippen LogP contribution in [0.3, 0.4) is 0 Å². The van der Waals surface area contributed by atoms with E-state index >= 15 is 0 Å². The van der Waals surface area contributed by atoms with Crippen LogP contribution in [0.25, 0.3) is 5.69 Å². The maximum absolute atomic E-state index is 13.7. The van der Waals surface area contributed by atoms with Gasteiger partial charge in [0.05, 0.1) is 23.5 Å². The number of halogens is 2. The lowest BCUT2D eigenvalue weighted by Crippen LogP contribution is -3.00. The summed E-state index contributed by atoms with van der Waals surface area (Å²) in [6, 6.07) is 19.3. The van der Waals surface area contributed by atoms with Gasteiger partial charge in [0.1, 0.15) is 4.21 Å². The average Bonchev–Trinajstić information content (AvgIpc) is 3.22. The van der Waals surface area contributed by atoms with Crippen molar-refractivity contribution in [3.63, 3.8) is 0 Å². The molecule has 0 aliphatic rings. The SMILES string of the molecule is CCOC(=O)Cc1c(C(=O)c2ccc(Cl)cc2)sc(SCc2ccc(C)cc2)c1-[n+]1ccc(C)cc1.[Br-]. The summed E-state index contributed by atoms with van der Waals surface area (Å²) in [4.78, 5) is 26.9. The molecule has 8 heteroatoms. The number of nitrogens with zero attached hydrogens (tertiary/aromatic N) is 1. The Balaban J connectivity index is 0.00000380. The zero-order valence-corrected chi connectivity index (χ0v) is 24.8. The second kappa shape index (κ2) is 13.4. The van der Waals surface area contributed by atoms with Gasteiger partial charge in [0.2, 0.25) is 11.5 Å². The Morgan fingerprint density at radius 3 is 2.19 bits per heavy atom. The molecule has 4 rings (SSSR count). The molecule has 0 saturated carbocycles. The van der Waals surface area contributed by atoms with Crippen LogP contribution in [0.5, 0.6) is 0 Å². The van der Waals surface area contributed by atoms with Gasteiger partial charge >= 0.3 is 5.97 Å². The van der Waals surface area contributed by atoms with E-state index in [0.29, 0.717) is 21.0 Å². The minimum absolute atomic E-state index is 0. The fraction of sp³-hybridized carbons (Fsp3) is 0.207. The van der Waals surface area contributed by atoms with Gasteiger partial charge in [-0.15, -0.1) is 23.1 Å². The van der Waals surface area contributed by atoms with E-state index in [4.69, 9.17) is 16.3 Å². The lowest BCUT2D eigenvalue weighted by molar-refractivity contribution is -0.598. The van der Waals surface area contributed by atoms with Gasteiger partial charge in [-0.3, -0.25) is 9.59 Å². The largest absolute Gasteiger partial charge is 1.00 e. The molecule has 0 aliphatic carbocycles. The molecular formula is C29H27BrClNO3S2. The van der Waals surface area contributed by atoms with E-state index in [2.05, 4.69) is 31.2 Å². The second-order valence-electron chi connectivity index (χ2n) is 8.42. The minimum atomic E-state index is -0.357. The molecule has 0 fully saturated rings. The molecular weight excluding hydrogens is 590 g/mol. The number of esters is 1. The Morgan fingerprint density at radius 1 is 0.946 bits per heavy atom. The van der Waals surface area contributed by atoms with Crippen molar-refractivity contribution < 1.29 is 35.9 Å². The first-order chi connectivity index (χ1) is 17.4. The molecule has 0 radical (unpaired) electrons. The van der Waals surface area contributed by atoms with Crippen molar-refractivity contribution in [1.82, 2.24) is 0 Å². The Labute approximate surface area is 241 Å². The topological polar surface area (TPSA) is 47.3 Å². The second-order valence-corrected chi connectivity index (χ2v) is 11.1. The summed E-state index contributed by atoms with van der Waals surface area (Å²) in [6.45, 7) is 6.16. The number of ketones is 1. The molecule has 2 heterocycles. The van der Waals surface area contributed by atoms with Crippen LogP contribution in [0.2, 0.25) is 5.02 Å². The molecule has 4 nitrogen and oxygen atoms in total. The Morgan fingerprint density at radius 2 is 1.57 bits per heavy atom. The Bertz CT molecular complexity index is 1370. The number of aromatic nitrogens is 1. The van der Waals surface area contributed by atoms with Crippen molar-refractivity contribution in [3.05, 3.63) is 111 Å². The predicted octanol–water partition coefficient (Wildman–Crippen LogP) is 3.93. The van der Waals surface area contributed by atoms with Gasteiger partial charge in [-0.1, -0.05) is 41.4 Å². The van der Waals surface area contributed by atoms with E-state index in [1.807, 2.05) is 36.0 Å². The number of carbonyl (C=O) groups excluding carboxylic acids is 2. The van der Waals surface area contributed by atoms with Gasteiger partial charge in [-0.2, -0.15) is 4.57 Å². The minimum Gasteiger partial charge on any atom is -1.00 e. The van der Waals surface area contributed by atoms with Crippen LogP contribution in [0, 0.1) is 13.8 Å². The molecule has 2 aromatic carbocycles. The summed E-state index contributed by atoms with van der Waals surface area (Å²) >= 11 is 9.15. The van der Waals surface area contributed by atoms with Gasteiger partial charge in [0.15, 0.2) is 12.4 Å². The molecule has 0 amide bonds. The van der Waals surface area contributed by atoms with Gasteiger partial charge in [-0.25, -0.2) is 0 Å². The van der Waals surface area contributed by atoms with Crippen LogP contribution >= 0.6 is 34.7 Å². The molecule has 0 N–H and O–H groups in total. The van der Waals surface area contributed by atoms with E-state index in [1.165, 1.54) is 22.5 Å². The van der Waals surface area contributed by atoms with Gasteiger partial charge in [0, 0.05) is 28.5 Å². The number of hydrogen-bond acceptors (Lipinski definition) is 5. The van der Waals surface area contributed by atoms with Crippen LogP contribution < -0.4 is 21.5 Å². The number of hydrogen-bond donors (Lipinski definition) is 0. The van der Waals surface area contributed by atoms with E-state index in [0.717, 1.165) is 21.2 Å². The van der Waals surface area contributed by atoms with Crippen molar-refractivity contribution in [1.29, 1.82) is 0 Å². The quantitative estimate of drug-likeness (QED) is 0.124. The number of rotatable bonds is 9. The van der Waals surface area contributed by atoms with Crippen LogP contribution in [0.4, 0.5) is 0 Å². The first-order valence-electron chi connectivity index (χ1n) is 11.6. The monoisotopic (exact) mass is 615 g/mol. The third-order valence-electron chi connectivity index (χ3n) is 5.63. The number of carbonyl (C=O) groups is 2. The molecule has 2 aromatic heterocycles. The molecule has 0 unspecified atom stereocenters. The summed E-state index contributed by atoms with van der Waals surface area (Å²) < 4.78 is 8.25. The zero-order valence-electron chi connectivity index (χ0n) is 20.8. The van der Waals surface area contributed by atoms with Crippen molar-refractivity contribution in [2.75, 3.05) is 6.61 Å². The molecule has 0 aliphatic heterocycles. The van der Waals surface area contributed by atoms with Gasteiger partial charge < -0.3 is 21.7 Å². The summed E-state index contributed by atoms with van der Waals surface area (Å²) in [7, 11) is 0. The molecule has 0 atom stereocenters. The summed E-state index contributed by atoms with van der Waals surface area (Å²) in [5.74, 6) is 0.254. The molecule has 0 bridgehead atoms. The number of thiophene rings is 1. The van der Waals surface area contributed by atoms with Crippen molar-refractivity contribution in [2.24, 2.45) is 0 Å². The zero-order chi connectivity index (χ0) is 25.7. The van der Waals surface area contributed by atoms with Gasteiger partial charge in [0.25, 0.3) is 0 Å². The highest BCUT2D eigenvalue weighted by Gasteiger charge is 2.31. The number of benzene rings is 2. The Kier molecular flexibility index (Phi) is 10.5. The highest BCUT2D eigenvalue weighted by molar-refractivity contribution is 8.00. The fourth-order valence-electron chi connectivity index (χ4n) is 3.71. The van der Waals surface area contributed by atoms with Crippen molar-refractivity contribution in [2.45, 2.75) is 37.2 Å². The van der Waals surface area contributed by atoms with Crippen molar-refractivity contribution >= 4 is 46.5 Å². The molecule has 37 heavy (non-hydrogen) atoms. The standard InChI is InChI=1S/C29H27ClNO3S2.BrH/c1-4-34-25(32)17-24-26(31-15-13-20(3)14-16-31)29(35-18-21-7-5-19(2)6-8-21)36-28(24)27(33)22-9-11-23(30)12-10-22;/h5-16H,4,17-18H2,1-3H3;1H/q+1;/p-1. The summed E-state index contributed by atoms with van der Waals surface area (Å²) in [5, 5.41) is 0.565. The van der Waals surface area contributed by atoms with Crippen LogP contribution in [-0.2, 0) is 21.7 Å². The lowest BCUT2D eigenvalue weighted by Gasteiger charge is -2.06. The summed E-state index contributed by atoms with van der Waals surface area (Å²) in [5.41, 5.74) is 5.59. The normalized spacial score (nSPS) is 10.6. The van der Waals surface area contributed by atoms with Crippen LogP contribution in [-0.4, -0.2) is 18.4 Å². The van der Waals surface area contributed by atoms with Crippen LogP contribution in [0.15, 0.2) is 77.3 Å². The fourth-order valence-corrected chi connectivity index (χ4v) is 6.37. The third-order valence-corrected chi connectivity index (χ3v) is 8.44. The van der Waals surface area contributed by atoms with E-state index in [9.17, 15) is 9.59 Å². The number of pyridine rings is 1. The predicted molar refractivity (Wildman–Crippen MR) is 147 cm³/mol. The number of thioether (sulfide) groups is 1. The summed E-state index contributed by atoms with van der Waals surface area (Å²) in [6.07, 6.45) is 3.96. The molecule has 192 valence electrons. The number of ether oxygens (including phenoxy) is 1. The van der Waals surface area contributed by atoms with E-state index in [-0.39, 0.29) is 41.8 Å². The first kappa shape index (κ1) is 29.1. The average molecular weight is 617 g/mol. The highest BCUT2D eigenvalue weighted by Crippen LogP contribution is 2.40. The number of aryl methyl sites for hydroxylation is 2. The third kappa shape index (κ3) is 7.32. The first-order valence-corrected chi connectivity index (χ1v) is 13.8. The van der Waals surface area contributed by atoms with Gasteiger partial charge in [-0.05, 0) is 56.2 Å². The van der Waals surface area contributed by atoms with Crippen LogP contribution in [0.1, 0.15) is 44.4 Å². The smallest absolute Gasteiger partial charge is 0.310 e. The van der Waals surface area contributed by atoms with Crippen molar-refractivity contribution in [3.8, 4) is 5.69 Å². The maximum atomic E-state index is 13.7. The Hall–Kier alpha value is -2.45. The molecule has 0 spiro atoms. The van der Waals surface area contributed by atoms with E-state index < -0.39 is 0 Å². The molecule has 0 saturated heterocycles. The lowest BCUT2D eigenvalue weighted by atomic mass is 10.0. The molecule has 4 aromatic rings. The maximum Gasteiger partial charge on any atom is 0.310 e. The van der Waals surface area contributed by atoms with E-state index in [1.54, 1.807) is 43.0 Å².